The number of rotatable bonds is 5. The molecule has 0 aliphatic rings. The molecular formula is C9H20NO. The third-order valence-corrected chi connectivity index (χ3v) is 2.67. The van der Waals surface area contributed by atoms with Crippen molar-refractivity contribution in [1.82, 2.24) is 0 Å². The molecule has 0 heterocycles. The van der Waals surface area contributed by atoms with Gasteiger partial charge in [-0.1, -0.05) is 13.8 Å². The molecule has 0 aliphatic carbocycles. The molecule has 0 saturated heterocycles. The predicted octanol–water partition coefficient (Wildman–Crippen LogP) is 1.34. The van der Waals surface area contributed by atoms with E-state index in [1.165, 1.54) is 0 Å². The lowest BCUT2D eigenvalue weighted by Crippen LogP contribution is -2.34. The Hall–Kier alpha value is -0.0800. The Kier molecular flexibility index (Phi) is 4.69. The van der Waals surface area contributed by atoms with E-state index in [-0.39, 0.29) is 11.5 Å². The third kappa shape index (κ3) is 2.46. The van der Waals surface area contributed by atoms with Crippen LogP contribution in [-0.2, 0) is 0 Å². The molecule has 11 heavy (non-hydrogen) atoms. The van der Waals surface area contributed by atoms with Crippen LogP contribution in [0.15, 0.2) is 0 Å². The van der Waals surface area contributed by atoms with Crippen LogP contribution >= 0.6 is 0 Å². The molecule has 0 saturated carbocycles. The molecule has 0 fully saturated rings. The Labute approximate surface area is 69.8 Å². The van der Waals surface area contributed by atoms with Crippen LogP contribution in [0.2, 0.25) is 0 Å². The minimum absolute atomic E-state index is 0.0608. The summed E-state index contributed by atoms with van der Waals surface area (Å²) < 4.78 is 0. The minimum Gasteiger partial charge on any atom is -0.393 e. The van der Waals surface area contributed by atoms with Crippen molar-refractivity contribution < 1.29 is 5.11 Å². The Morgan fingerprint density at radius 3 is 2.00 bits per heavy atom. The maximum atomic E-state index is 9.51. The van der Waals surface area contributed by atoms with Gasteiger partial charge in [0.25, 0.3) is 0 Å². The Morgan fingerprint density at radius 1 is 1.45 bits per heavy atom. The lowest BCUT2D eigenvalue weighted by atomic mass is 9.75. The number of hydrogen-bond donors (Lipinski definition) is 2. The molecule has 1 atom stereocenters. The number of hydrogen-bond acceptors (Lipinski definition) is 2. The monoisotopic (exact) mass is 158 g/mol. The van der Waals surface area contributed by atoms with E-state index < -0.39 is 0 Å². The van der Waals surface area contributed by atoms with E-state index in [9.17, 15) is 5.11 Å². The highest BCUT2D eigenvalue weighted by atomic mass is 16.3. The first-order valence-electron chi connectivity index (χ1n) is 4.35. The Balaban J connectivity index is 4.20. The van der Waals surface area contributed by atoms with E-state index in [4.69, 9.17) is 5.73 Å². The fourth-order valence-electron chi connectivity index (χ4n) is 1.53. The van der Waals surface area contributed by atoms with Gasteiger partial charge < -0.3 is 10.8 Å². The van der Waals surface area contributed by atoms with E-state index in [2.05, 4.69) is 13.8 Å². The van der Waals surface area contributed by atoms with Crippen molar-refractivity contribution in [3.05, 3.63) is 6.42 Å². The summed E-state index contributed by atoms with van der Waals surface area (Å²) >= 11 is 0. The second-order valence-corrected chi connectivity index (χ2v) is 3.06. The Morgan fingerprint density at radius 2 is 1.91 bits per heavy atom. The Bertz CT molecular complexity index is 97.7. The lowest BCUT2D eigenvalue weighted by Gasteiger charge is -2.34. The second-order valence-electron chi connectivity index (χ2n) is 3.06. The lowest BCUT2D eigenvalue weighted by molar-refractivity contribution is 0.0557. The molecule has 3 N–H and O–H groups in total. The molecule has 67 valence electrons. The topological polar surface area (TPSA) is 46.2 Å². The van der Waals surface area contributed by atoms with Gasteiger partial charge in [-0.25, -0.2) is 0 Å². The molecule has 0 amide bonds. The van der Waals surface area contributed by atoms with Crippen LogP contribution in [0.4, 0.5) is 0 Å². The summed E-state index contributed by atoms with van der Waals surface area (Å²) in [6, 6.07) is 0. The van der Waals surface area contributed by atoms with Gasteiger partial charge >= 0.3 is 0 Å². The van der Waals surface area contributed by atoms with Crippen LogP contribution in [0.3, 0.4) is 0 Å². The van der Waals surface area contributed by atoms with Crippen molar-refractivity contribution in [3.8, 4) is 0 Å². The van der Waals surface area contributed by atoms with E-state index >= 15 is 0 Å². The summed E-state index contributed by atoms with van der Waals surface area (Å²) in [7, 11) is 0. The van der Waals surface area contributed by atoms with Crippen LogP contribution in [-0.4, -0.2) is 17.8 Å². The maximum Gasteiger partial charge on any atom is 0.0571 e. The third-order valence-electron chi connectivity index (χ3n) is 2.67. The molecule has 2 nitrogen and oxygen atoms in total. The highest BCUT2D eigenvalue weighted by molar-refractivity contribution is 4.94. The smallest absolute Gasteiger partial charge is 0.0571 e. The SMILES string of the molecule is CCC([CH]CN)(CC)C(C)O. The van der Waals surface area contributed by atoms with Gasteiger partial charge in [0.1, 0.15) is 0 Å². The molecule has 1 radical (unpaired) electrons. The summed E-state index contributed by atoms with van der Waals surface area (Å²) in [4.78, 5) is 0. The van der Waals surface area contributed by atoms with Crippen LogP contribution < -0.4 is 5.73 Å². The zero-order valence-corrected chi connectivity index (χ0v) is 7.80. The van der Waals surface area contributed by atoms with E-state index in [0.717, 1.165) is 12.8 Å². The molecule has 1 unspecified atom stereocenters. The predicted molar refractivity (Wildman–Crippen MR) is 48.1 cm³/mol. The molecule has 0 aliphatic heterocycles. The molecule has 0 aromatic carbocycles. The second kappa shape index (κ2) is 4.73. The van der Waals surface area contributed by atoms with Gasteiger partial charge in [-0.05, 0) is 38.1 Å². The van der Waals surface area contributed by atoms with Gasteiger partial charge in [0, 0.05) is 0 Å². The molecule has 0 aromatic rings. The largest absolute Gasteiger partial charge is 0.393 e. The quantitative estimate of drug-likeness (QED) is 0.634. The summed E-state index contributed by atoms with van der Waals surface area (Å²) in [6.07, 6.45) is 3.65. The van der Waals surface area contributed by atoms with Crippen molar-refractivity contribution in [2.45, 2.75) is 39.7 Å². The highest BCUT2D eigenvalue weighted by Crippen LogP contribution is 2.32. The van der Waals surface area contributed by atoms with Gasteiger partial charge in [-0.3, -0.25) is 0 Å². The number of aliphatic hydroxyl groups excluding tert-OH is 1. The van der Waals surface area contributed by atoms with E-state index in [0.29, 0.717) is 6.54 Å². The van der Waals surface area contributed by atoms with Crippen LogP contribution in [0, 0.1) is 11.8 Å². The van der Waals surface area contributed by atoms with Crippen LogP contribution in [0.5, 0.6) is 0 Å². The first-order valence-corrected chi connectivity index (χ1v) is 4.35. The number of nitrogens with two attached hydrogens (primary N) is 1. The van der Waals surface area contributed by atoms with Crippen molar-refractivity contribution in [2.75, 3.05) is 6.54 Å². The zero-order valence-electron chi connectivity index (χ0n) is 7.80. The van der Waals surface area contributed by atoms with Crippen LogP contribution in [0.1, 0.15) is 33.6 Å². The summed E-state index contributed by atoms with van der Waals surface area (Å²) in [5, 5.41) is 9.51. The van der Waals surface area contributed by atoms with Crippen molar-refractivity contribution in [3.63, 3.8) is 0 Å². The minimum atomic E-state index is -0.291. The highest BCUT2D eigenvalue weighted by Gasteiger charge is 2.30. The molecule has 0 rings (SSSR count). The van der Waals surface area contributed by atoms with Gasteiger partial charge in [-0.2, -0.15) is 0 Å². The van der Waals surface area contributed by atoms with Gasteiger partial charge in [0.05, 0.1) is 6.10 Å². The first kappa shape index (κ1) is 10.9. The zero-order chi connectivity index (χ0) is 8.91. The van der Waals surface area contributed by atoms with E-state index in [1.54, 1.807) is 0 Å². The van der Waals surface area contributed by atoms with Gasteiger partial charge in [0.2, 0.25) is 0 Å². The number of aliphatic hydroxyl groups is 1. The average molecular weight is 158 g/mol. The first-order chi connectivity index (χ1) is 5.13. The maximum absolute atomic E-state index is 9.51. The molecule has 0 aromatic heterocycles. The van der Waals surface area contributed by atoms with Crippen LogP contribution in [0.25, 0.3) is 0 Å². The van der Waals surface area contributed by atoms with Gasteiger partial charge in [0.15, 0.2) is 0 Å². The molecular weight excluding hydrogens is 138 g/mol. The molecule has 0 bridgehead atoms. The molecule has 2 heteroatoms. The van der Waals surface area contributed by atoms with Crippen molar-refractivity contribution >= 4 is 0 Å². The van der Waals surface area contributed by atoms with E-state index in [1.807, 2.05) is 13.3 Å². The van der Waals surface area contributed by atoms with Gasteiger partial charge in [-0.15, -0.1) is 0 Å². The van der Waals surface area contributed by atoms with Crippen molar-refractivity contribution in [1.29, 1.82) is 0 Å². The fraction of sp³-hybridized carbons (Fsp3) is 0.889. The summed E-state index contributed by atoms with van der Waals surface area (Å²) in [5.74, 6) is 0. The fourth-order valence-corrected chi connectivity index (χ4v) is 1.53. The average Bonchev–Trinajstić information content (AvgIpc) is 2.00. The summed E-state index contributed by atoms with van der Waals surface area (Å²) in [5.41, 5.74) is 5.38. The summed E-state index contributed by atoms with van der Waals surface area (Å²) in [6.45, 7) is 6.55. The standard InChI is InChI=1S/C9H20NO/c1-4-9(5-2,6-7-10)8(3)11/h6,8,11H,4-5,7,10H2,1-3H3. The molecule has 0 spiro atoms. The van der Waals surface area contributed by atoms with Crippen molar-refractivity contribution in [2.24, 2.45) is 11.1 Å². The normalized spacial score (nSPS) is 15.0.